The van der Waals surface area contributed by atoms with Gasteiger partial charge in [0.2, 0.25) is 0 Å². The highest BCUT2D eigenvalue weighted by atomic mass is 127. The number of nitrogens with zero attached hydrogens (tertiary/aromatic N) is 5. The molecule has 0 aliphatic carbocycles. The molecule has 0 aliphatic heterocycles. The van der Waals surface area contributed by atoms with Crippen molar-refractivity contribution in [2.75, 3.05) is 11.4 Å². The van der Waals surface area contributed by atoms with Gasteiger partial charge in [0.15, 0.2) is 5.65 Å². The van der Waals surface area contributed by atoms with Crippen LogP contribution in [0.2, 0.25) is 0 Å². The zero-order chi connectivity index (χ0) is 19.2. The van der Waals surface area contributed by atoms with Crippen LogP contribution in [0.4, 0.5) is 11.5 Å². The van der Waals surface area contributed by atoms with E-state index in [0.29, 0.717) is 0 Å². The average molecular weight is 478 g/mol. The van der Waals surface area contributed by atoms with Crippen LogP contribution in [0.1, 0.15) is 44.4 Å². The second kappa shape index (κ2) is 9.45. The topological polar surface area (TPSA) is 72.3 Å². The molecule has 0 radical (unpaired) electrons. The molecular weight excluding hydrogens is 451 g/mol. The van der Waals surface area contributed by atoms with E-state index in [1.165, 1.54) is 0 Å². The smallest absolute Gasteiger partial charge is 0.161 e. The molecule has 0 saturated carbocycles. The number of alkyl halides is 1. The molecule has 0 amide bonds. The fourth-order valence-electron chi connectivity index (χ4n) is 3.06. The van der Waals surface area contributed by atoms with E-state index in [4.69, 9.17) is 10.7 Å². The molecule has 27 heavy (non-hydrogen) atoms. The van der Waals surface area contributed by atoms with E-state index in [1.54, 1.807) is 0 Å². The first kappa shape index (κ1) is 20.0. The Kier molecular flexibility index (Phi) is 7.01. The second-order valence-electron chi connectivity index (χ2n) is 6.85. The summed E-state index contributed by atoms with van der Waals surface area (Å²) in [6.07, 6.45) is 9.74. The fourth-order valence-corrected chi connectivity index (χ4v) is 3.60. The van der Waals surface area contributed by atoms with Crippen LogP contribution in [-0.2, 0) is 10.8 Å². The van der Waals surface area contributed by atoms with Crippen molar-refractivity contribution in [2.45, 2.75) is 50.0 Å². The maximum absolute atomic E-state index is 5.98. The number of unbranched alkanes of at least 4 members (excludes halogenated alkanes) is 1. The first-order chi connectivity index (χ1) is 13.1. The van der Waals surface area contributed by atoms with E-state index >= 15 is 0 Å². The molecule has 3 heterocycles. The highest BCUT2D eigenvalue weighted by Crippen LogP contribution is 2.28. The van der Waals surface area contributed by atoms with Crippen molar-refractivity contribution < 1.29 is 0 Å². The van der Waals surface area contributed by atoms with Crippen molar-refractivity contribution in [3.05, 3.63) is 48.0 Å². The van der Waals surface area contributed by atoms with E-state index in [2.05, 4.69) is 50.6 Å². The largest absolute Gasteiger partial charge is 0.328 e. The van der Waals surface area contributed by atoms with Gasteiger partial charge in [-0.25, -0.2) is 9.50 Å². The Balaban J connectivity index is 2.02. The summed E-state index contributed by atoms with van der Waals surface area (Å²) in [5.41, 5.74) is 10.2. The second-order valence-corrected chi connectivity index (χ2v) is 7.61. The van der Waals surface area contributed by atoms with E-state index in [1.807, 2.05) is 42.2 Å². The minimum Gasteiger partial charge on any atom is -0.328 e. The molecule has 3 rings (SSSR count). The van der Waals surface area contributed by atoms with Gasteiger partial charge in [-0.2, -0.15) is 5.10 Å². The summed E-state index contributed by atoms with van der Waals surface area (Å²) >= 11 is 2.35. The monoisotopic (exact) mass is 478 g/mol. The molecule has 0 aliphatic rings. The minimum atomic E-state index is 0.163. The molecule has 3 aromatic heterocycles. The maximum atomic E-state index is 5.98. The Morgan fingerprint density at radius 1 is 1.33 bits per heavy atom. The van der Waals surface area contributed by atoms with Crippen molar-refractivity contribution >= 4 is 39.7 Å². The molecule has 0 aromatic carbocycles. The molecule has 0 bridgehead atoms. The number of aryl methyl sites for hydroxylation is 1. The highest BCUT2D eigenvalue weighted by Gasteiger charge is 2.17. The predicted octanol–water partition coefficient (Wildman–Crippen LogP) is 4.28. The van der Waals surface area contributed by atoms with Gasteiger partial charge in [0, 0.05) is 35.0 Å². The highest BCUT2D eigenvalue weighted by molar-refractivity contribution is 14.1. The van der Waals surface area contributed by atoms with Crippen LogP contribution in [0.3, 0.4) is 0 Å². The van der Waals surface area contributed by atoms with Crippen LogP contribution in [0.25, 0.3) is 5.65 Å². The molecule has 0 fully saturated rings. The Labute approximate surface area is 174 Å². The van der Waals surface area contributed by atoms with Gasteiger partial charge < -0.3 is 10.6 Å². The summed E-state index contributed by atoms with van der Waals surface area (Å²) in [7, 11) is 0. The Bertz CT molecular complexity index is 876. The maximum Gasteiger partial charge on any atom is 0.161 e. The first-order valence-corrected chi connectivity index (χ1v) is 11.0. The van der Waals surface area contributed by atoms with Gasteiger partial charge in [0.1, 0.15) is 5.82 Å². The van der Waals surface area contributed by atoms with E-state index in [9.17, 15) is 0 Å². The van der Waals surface area contributed by atoms with Gasteiger partial charge in [-0.05, 0) is 44.4 Å². The fraction of sp³-hybridized carbons (Fsp3) is 0.450. The van der Waals surface area contributed by atoms with E-state index in [-0.39, 0.29) is 6.04 Å². The lowest BCUT2D eigenvalue weighted by molar-refractivity contribution is 0.656. The van der Waals surface area contributed by atoms with Gasteiger partial charge in [0.25, 0.3) is 0 Å². The van der Waals surface area contributed by atoms with Crippen LogP contribution < -0.4 is 10.6 Å². The Morgan fingerprint density at radius 3 is 2.93 bits per heavy atom. The van der Waals surface area contributed by atoms with Crippen molar-refractivity contribution in [1.82, 2.24) is 19.6 Å². The number of fused-ring (bicyclic) bond motifs is 1. The van der Waals surface area contributed by atoms with Crippen LogP contribution in [0, 0.1) is 0 Å². The van der Waals surface area contributed by atoms with Gasteiger partial charge >= 0.3 is 0 Å². The summed E-state index contributed by atoms with van der Waals surface area (Å²) in [6.45, 7) is 5.16. The molecule has 0 spiro atoms. The molecule has 6 nitrogen and oxygen atoms in total. The standard InChI is InChI=1S/C20H27IN6/c1-3-4-11-26(18-6-5-10-23-17(18)8-7-15(2)22)19-9-12-27-20(25-19)16(13-21)14-24-27/h5-6,9-10,12,14-15H,3-4,7-8,11,13,22H2,1-2H3. The number of hydrogen-bond donors (Lipinski definition) is 1. The third-order valence-electron chi connectivity index (χ3n) is 4.58. The normalized spacial score (nSPS) is 12.4. The van der Waals surface area contributed by atoms with Gasteiger partial charge in [-0.15, -0.1) is 0 Å². The predicted molar refractivity (Wildman–Crippen MR) is 119 cm³/mol. The number of rotatable bonds is 9. The van der Waals surface area contributed by atoms with Crippen LogP contribution in [0.5, 0.6) is 0 Å². The van der Waals surface area contributed by atoms with Crippen molar-refractivity contribution in [3.63, 3.8) is 0 Å². The summed E-state index contributed by atoms with van der Waals surface area (Å²) in [5.74, 6) is 0.942. The van der Waals surface area contributed by atoms with E-state index in [0.717, 1.165) is 65.1 Å². The number of pyridine rings is 1. The SMILES string of the molecule is CCCCN(c1ccn2ncc(CI)c2n1)c1cccnc1CCC(C)N. The molecule has 2 N–H and O–H groups in total. The molecular formula is C20H27IN6. The van der Waals surface area contributed by atoms with Gasteiger partial charge in [-0.3, -0.25) is 4.98 Å². The summed E-state index contributed by atoms with van der Waals surface area (Å²) < 4.78 is 2.73. The van der Waals surface area contributed by atoms with Crippen molar-refractivity contribution in [2.24, 2.45) is 5.73 Å². The molecule has 1 atom stereocenters. The van der Waals surface area contributed by atoms with Crippen molar-refractivity contribution in [1.29, 1.82) is 0 Å². The van der Waals surface area contributed by atoms with E-state index < -0.39 is 0 Å². The Morgan fingerprint density at radius 2 is 2.19 bits per heavy atom. The van der Waals surface area contributed by atoms with Crippen LogP contribution >= 0.6 is 22.6 Å². The zero-order valence-corrected chi connectivity index (χ0v) is 18.1. The number of halogens is 1. The van der Waals surface area contributed by atoms with Gasteiger partial charge in [0.05, 0.1) is 17.6 Å². The number of aromatic nitrogens is 4. The quantitative estimate of drug-likeness (QED) is 0.367. The molecule has 7 heteroatoms. The molecule has 0 saturated heterocycles. The molecule has 3 aromatic rings. The number of anilines is 2. The lowest BCUT2D eigenvalue weighted by Crippen LogP contribution is -2.23. The van der Waals surface area contributed by atoms with Crippen molar-refractivity contribution in [3.8, 4) is 0 Å². The summed E-state index contributed by atoms with van der Waals surface area (Å²) in [5, 5.41) is 4.40. The third kappa shape index (κ3) is 4.76. The first-order valence-electron chi connectivity index (χ1n) is 9.50. The number of nitrogens with two attached hydrogens (primary N) is 1. The lowest BCUT2D eigenvalue weighted by atomic mass is 10.1. The molecule has 1 unspecified atom stereocenters. The molecule has 144 valence electrons. The van der Waals surface area contributed by atoms with Gasteiger partial charge in [-0.1, -0.05) is 35.9 Å². The minimum absolute atomic E-state index is 0.163. The Hall–Kier alpha value is -1.74. The zero-order valence-electron chi connectivity index (χ0n) is 16.0. The summed E-state index contributed by atoms with van der Waals surface area (Å²) in [6, 6.07) is 6.34. The third-order valence-corrected chi connectivity index (χ3v) is 5.40. The summed E-state index contributed by atoms with van der Waals surface area (Å²) in [4.78, 5) is 11.9. The average Bonchev–Trinajstić information content (AvgIpc) is 3.10. The van der Waals surface area contributed by atoms with Crippen LogP contribution in [-0.4, -0.2) is 32.2 Å². The number of hydrogen-bond acceptors (Lipinski definition) is 5. The lowest BCUT2D eigenvalue weighted by Gasteiger charge is -2.26. The van der Waals surface area contributed by atoms with Crippen LogP contribution in [0.15, 0.2) is 36.8 Å².